The first-order chi connectivity index (χ1) is 12.2. The highest BCUT2D eigenvalue weighted by atomic mass is 79.9. The zero-order valence-electron chi connectivity index (χ0n) is 13.4. The van der Waals surface area contributed by atoms with Crippen LogP contribution in [0.2, 0.25) is 0 Å². The third-order valence-corrected chi connectivity index (χ3v) is 4.87. The van der Waals surface area contributed by atoms with Gasteiger partial charge in [-0.1, -0.05) is 46.3 Å². The minimum Gasteiger partial charge on any atom is -0.326 e. The number of carbonyl (C=O) groups excluding carboxylic acids is 1. The average molecular weight is 414 g/mol. The van der Waals surface area contributed by atoms with Crippen molar-refractivity contribution in [3.8, 4) is 11.3 Å². The molecule has 0 spiro atoms. The highest BCUT2D eigenvalue weighted by molar-refractivity contribution is 9.10. The molecule has 126 valence electrons. The van der Waals surface area contributed by atoms with Crippen molar-refractivity contribution in [3.63, 3.8) is 0 Å². The van der Waals surface area contributed by atoms with Gasteiger partial charge in [0.1, 0.15) is 6.33 Å². The van der Waals surface area contributed by atoms with E-state index >= 15 is 0 Å². The molecule has 0 saturated heterocycles. The lowest BCUT2D eigenvalue weighted by atomic mass is 10.1. The maximum absolute atomic E-state index is 12.0. The third-order valence-electron chi connectivity index (χ3n) is 3.42. The van der Waals surface area contributed by atoms with Crippen LogP contribution in [0.1, 0.15) is 6.42 Å². The number of anilines is 1. The van der Waals surface area contributed by atoms with Gasteiger partial charge in [0.15, 0.2) is 0 Å². The van der Waals surface area contributed by atoms with E-state index in [2.05, 4.69) is 31.2 Å². The molecule has 1 amide bonds. The number of amides is 1. The van der Waals surface area contributed by atoms with Crippen LogP contribution in [0.15, 0.2) is 76.5 Å². The van der Waals surface area contributed by atoms with Gasteiger partial charge in [-0.05, 0) is 30.3 Å². The van der Waals surface area contributed by atoms with E-state index in [4.69, 9.17) is 0 Å². The molecule has 6 heteroatoms. The van der Waals surface area contributed by atoms with Crippen LogP contribution in [0.5, 0.6) is 0 Å². The summed E-state index contributed by atoms with van der Waals surface area (Å²) in [5, 5.41) is 3.75. The van der Waals surface area contributed by atoms with E-state index in [-0.39, 0.29) is 5.91 Å². The molecule has 4 nitrogen and oxygen atoms in total. The molecule has 1 heterocycles. The number of hydrogen-bond acceptors (Lipinski definition) is 4. The molecule has 3 rings (SSSR count). The smallest absolute Gasteiger partial charge is 0.225 e. The van der Waals surface area contributed by atoms with Crippen LogP contribution in [0.3, 0.4) is 0 Å². The monoisotopic (exact) mass is 413 g/mol. The van der Waals surface area contributed by atoms with E-state index < -0.39 is 0 Å². The van der Waals surface area contributed by atoms with Gasteiger partial charge in [0, 0.05) is 27.9 Å². The maximum atomic E-state index is 12.0. The fourth-order valence-corrected chi connectivity index (χ4v) is 3.27. The van der Waals surface area contributed by atoms with Crippen molar-refractivity contribution in [1.82, 2.24) is 9.97 Å². The molecule has 2 aromatic carbocycles. The number of halogens is 1. The number of hydrogen-bond donors (Lipinski definition) is 1. The van der Waals surface area contributed by atoms with Crippen LogP contribution >= 0.6 is 27.7 Å². The van der Waals surface area contributed by atoms with Crippen molar-refractivity contribution in [2.45, 2.75) is 11.4 Å². The fraction of sp³-hybridized carbons (Fsp3) is 0.105. The summed E-state index contributed by atoms with van der Waals surface area (Å²) in [7, 11) is 0. The van der Waals surface area contributed by atoms with Gasteiger partial charge in [-0.3, -0.25) is 4.79 Å². The van der Waals surface area contributed by atoms with Crippen molar-refractivity contribution in [1.29, 1.82) is 0 Å². The number of nitrogens with zero attached hydrogens (tertiary/aromatic N) is 2. The van der Waals surface area contributed by atoms with Crippen LogP contribution in [0.25, 0.3) is 11.3 Å². The van der Waals surface area contributed by atoms with Crippen LogP contribution in [-0.4, -0.2) is 21.6 Å². The Kier molecular flexibility index (Phi) is 6.19. The summed E-state index contributed by atoms with van der Waals surface area (Å²) < 4.78 is 0.985. The average Bonchev–Trinajstić information content (AvgIpc) is 2.65. The van der Waals surface area contributed by atoms with E-state index in [1.54, 1.807) is 18.1 Å². The molecular formula is C19H16BrN3OS. The van der Waals surface area contributed by atoms with E-state index in [9.17, 15) is 4.79 Å². The second-order valence-electron chi connectivity index (χ2n) is 5.26. The standard InChI is InChI=1S/C19H16BrN3OS/c20-15-6-8-16(9-7-15)23-18(24)10-11-25-19-12-17(21-13-22-19)14-4-2-1-3-5-14/h1-9,12-13H,10-11H2,(H,23,24). The van der Waals surface area contributed by atoms with Crippen molar-refractivity contribution in [3.05, 3.63) is 71.5 Å². The topological polar surface area (TPSA) is 54.9 Å². The molecule has 0 unspecified atom stereocenters. The number of aromatic nitrogens is 2. The van der Waals surface area contributed by atoms with E-state index in [1.807, 2.05) is 60.7 Å². The third kappa shape index (κ3) is 5.41. The number of carbonyl (C=O) groups is 1. The lowest BCUT2D eigenvalue weighted by Crippen LogP contribution is -2.12. The van der Waals surface area contributed by atoms with Gasteiger partial charge in [-0.2, -0.15) is 0 Å². The summed E-state index contributed by atoms with van der Waals surface area (Å²) in [6.07, 6.45) is 1.98. The Bertz CT molecular complexity index is 841. The quantitative estimate of drug-likeness (QED) is 0.454. The Balaban J connectivity index is 1.52. The van der Waals surface area contributed by atoms with Gasteiger partial charge in [0.05, 0.1) is 10.7 Å². The minimum atomic E-state index is -0.00726. The van der Waals surface area contributed by atoms with Crippen molar-refractivity contribution in [2.24, 2.45) is 0 Å². The molecule has 25 heavy (non-hydrogen) atoms. The van der Waals surface area contributed by atoms with Gasteiger partial charge in [0.25, 0.3) is 0 Å². The SMILES string of the molecule is O=C(CCSc1cc(-c2ccccc2)ncn1)Nc1ccc(Br)cc1. The zero-order chi connectivity index (χ0) is 17.5. The first-order valence-corrected chi connectivity index (χ1v) is 9.54. The van der Waals surface area contributed by atoms with Crippen LogP contribution in [0.4, 0.5) is 5.69 Å². The fourth-order valence-electron chi connectivity index (χ4n) is 2.19. The van der Waals surface area contributed by atoms with Crippen molar-refractivity contribution < 1.29 is 4.79 Å². The minimum absolute atomic E-state index is 0.00726. The summed E-state index contributed by atoms with van der Waals surface area (Å²) >= 11 is 4.93. The summed E-state index contributed by atoms with van der Waals surface area (Å²) in [6.45, 7) is 0. The van der Waals surface area contributed by atoms with E-state index in [1.165, 1.54) is 0 Å². The van der Waals surface area contributed by atoms with Crippen molar-refractivity contribution in [2.75, 3.05) is 11.1 Å². The summed E-state index contributed by atoms with van der Waals surface area (Å²) in [5.41, 5.74) is 2.74. The number of rotatable bonds is 6. The summed E-state index contributed by atoms with van der Waals surface area (Å²) in [5.74, 6) is 0.653. The van der Waals surface area contributed by atoms with Crippen LogP contribution < -0.4 is 5.32 Å². The molecule has 0 bridgehead atoms. The Morgan fingerprint density at radius 3 is 2.56 bits per heavy atom. The molecule has 1 N–H and O–H groups in total. The van der Waals surface area contributed by atoms with Crippen LogP contribution in [0, 0.1) is 0 Å². The summed E-state index contributed by atoms with van der Waals surface area (Å²) in [6, 6.07) is 19.5. The number of nitrogens with one attached hydrogen (secondary N) is 1. The first-order valence-electron chi connectivity index (χ1n) is 7.76. The molecule has 0 saturated carbocycles. The van der Waals surface area contributed by atoms with Gasteiger partial charge in [-0.25, -0.2) is 9.97 Å². The Morgan fingerprint density at radius 2 is 1.80 bits per heavy atom. The van der Waals surface area contributed by atoms with Gasteiger partial charge >= 0.3 is 0 Å². The van der Waals surface area contributed by atoms with E-state index in [0.29, 0.717) is 12.2 Å². The Hall–Kier alpha value is -2.18. The normalized spacial score (nSPS) is 10.4. The molecule has 0 aliphatic rings. The van der Waals surface area contributed by atoms with Crippen molar-refractivity contribution >= 4 is 39.3 Å². The predicted octanol–water partition coefficient (Wildman–Crippen LogP) is 5.03. The summed E-state index contributed by atoms with van der Waals surface area (Å²) in [4.78, 5) is 20.6. The van der Waals surface area contributed by atoms with Gasteiger partial charge < -0.3 is 5.32 Å². The second kappa shape index (κ2) is 8.78. The zero-order valence-corrected chi connectivity index (χ0v) is 15.8. The maximum Gasteiger partial charge on any atom is 0.225 e. The molecule has 0 atom stereocenters. The molecule has 0 aliphatic carbocycles. The highest BCUT2D eigenvalue weighted by Gasteiger charge is 2.05. The lowest BCUT2D eigenvalue weighted by Gasteiger charge is -2.06. The molecule has 0 aliphatic heterocycles. The van der Waals surface area contributed by atoms with Crippen LogP contribution in [-0.2, 0) is 4.79 Å². The molecule has 3 aromatic rings. The molecule has 1 aromatic heterocycles. The Morgan fingerprint density at radius 1 is 1.04 bits per heavy atom. The molecule has 0 fully saturated rings. The highest BCUT2D eigenvalue weighted by Crippen LogP contribution is 2.22. The predicted molar refractivity (Wildman–Crippen MR) is 106 cm³/mol. The largest absolute Gasteiger partial charge is 0.326 e. The Labute approximate surface area is 159 Å². The van der Waals surface area contributed by atoms with E-state index in [0.717, 1.165) is 26.4 Å². The molecule has 0 radical (unpaired) electrons. The first kappa shape index (κ1) is 17.6. The number of thioether (sulfide) groups is 1. The number of benzene rings is 2. The molecular weight excluding hydrogens is 398 g/mol. The van der Waals surface area contributed by atoms with Gasteiger partial charge in [0.2, 0.25) is 5.91 Å². The second-order valence-corrected chi connectivity index (χ2v) is 7.29. The van der Waals surface area contributed by atoms with Gasteiger partial charge in [-0.15, -0.1) is 11.8 Å². The lowest BCUT2D eigenvalue weighted by molar-refractivity contribution is -0.115.